The van der Waals surface area contributed by atoms with Crippen LogP contribution in [0, 0.1) is 18.7 Å². The Labute approximate surface area is 311 Å². The smallest absolute Gasteiger partial charge is 0.274 e. The van der Waals surface area contributed by atoms with E-state index in [1.807, 2.05) is 13.0 Å². The van der Waals surface area contributed by atoms with Crippen LogP contribution in [-0.4, -0.2) is 87.6 Å². The largest absolute Gasteiger partial charge is 0.471 e. The van der Waals surface area contributed by atoms with Crippen molar-refractivity contribution in [2.75, 3.05) is 6.54 Å². The minimum absolute atomic E-state index is 0.0105. The van der Waals surface area contributed by atoms with Gasteiger partial charge in [-0.15, -0.1) is 0 Å². The molecule has 0 bridgehead atoms. The number of halogens is 1. The molecule has 5 atom stereocenters. The number of carbonyl (C=O) groups is 4. The van der Waals surface area contributed by atoms with E-state index in [1.54, 1.807) is 19.1 Å². The van der Waals surface area contributed by atoms with Gasteiger partial charge in [-0.05, 0) is 51.2 Å². The van der Waals surface area contributed by atoms with Crippen LogP contribution in [0.5, 0.6) is 5.88 Å². The number of rotatable bonds is 8. The van der Waals surface area contributed by atoms with Crippen molar-refractivity contribution < 1.29 is 41.2 Å². The van der Waals surface area contributed by atoms with E-state index in [9.17, 15) is 32.0 Å². The maximum atomic E-state index is 14.5. The highest BCUT2D eigenvalue weighted by molar-refractivity contribution is 7.91. The molecular formula is C37H42FN7O8S. The quantitative estimate of drug-likeness (QED) is 0.285. The molecule has 4 heterocycles. The van der Waals surface area contributed by atoms with Gasteiger partial charge in [0.15, 0.2) is 5.69 Å². The standard InChI is InChI=1S/C37H42FN7O8S/c1-3-24-18-30(43-53-24)32(46)40-28-10-8-6-4-5-7-9-22-15-16-37(22,36(49)44-54(50,51)26-12-13-26)42-33(47)31-19-25(20-45(31)35(28)48)52-34-21(2)39-27-14-11-23(38)17-29(27)41-34/h7,9,11,14-18,22,25-26,28,31H,3-6,8,10,12-13,19-20H2,1-2H3,(H,40,46)(H,42,47)(H,44,49). The summed E-state index contributed by atoms with van der Waals surface area (Å²) in [7, 11) is -3.96. The highest BCUT2D eigenvalue weighted by Crippen LogP contribution is 2.36. The van der Waals surface area contributed by atoms with Crippen LogP contribution in [0.25, 0.3) is 11.0 Å². The van der Waals surface area contributed by atoms with E-state index in [0.717, 1.165) is 6.42 Å². The second kappa shape index (κ2) is 14.9. The van der Waals surface area contributed by atoms with E-state index in [1.165, 1.54) is 35.2 Å². The van der Waals surface area contributed by atoms with Gasteiger partial charge in [-0.3, -0.25) is 23.9 Å². The molecule has 0 spiro atoms. The number of nitrogens with zero attached hydrogens (tertiary/aromatic N) is 4. The fraction of sp³-hybridized carbons (Fsp3) is 0.486. The lowest BCUT2D eigenvalue weighted by atomic mass is 9.73. The van der Waals surface area contributed by atoms with Crippen molar-refractivity contribution in [1.29, 1.82) is 0 Å². The van der Waals surface area contributed by atoms with Gasteiger partial charge in [-0.1, -0.05) is 49.2 Å². The van der Waals surface area contributed by atoms with E-state index in [4.69, 9.17) is 9.26 Å². The Hall–Kier alpha value is -5.19. The molecule has 3 aromatic rings. The van der Waals surface area contributed by atoms with Gasteiger partial charge in [-0.25, -0.2) is 22.8 Å². The molecule has 286 valence electrons. The van der Waals surface area contributed by atoms with Crippen LogP contribution in [0.15, 0.2) is 53.1 Å². The van der Waals surface area contributed by atoms with Gasteiger partial charge >= 0.3 is 0 Å². The third kappa shape index (κ3) is 7.58. The first-order chi connectivity index (χ1) is 25.9. The molecular weight excluding hydrogens is 722 g/mol. The Balaban J connectivity index is 1.21. The van der Waals surface area contributed by atoms with Gasteiger partial charge in [0, 0.05) is 30.9 Å². The second-order valence-electron chi connectivity index (χ2n) is 14.3. The number of benzene rings is 1. The second-order valence-corrected chi connectivity index (χ2v) is 16.2. The molecule has 2 aliphatic carbocycles. The lowest BCUT2D eigenvalue weighted by molar-refractivity contribution is -0.142. The molecule has 1 aromatic carbocycles. The van der Waals surface area contributed by atoms with Crippen molar-refractivity contribution in [2.24, 2.45) is 5.92 Å². The summed E-state index contributed by atoms with van der Waals surface area (Å²) in [5, 5.41) is 8.77. The molecule has 4 aliphatic rings. The van der Waals surface area contributed by atoms with Crippen molar-refractivity contribution in [1.82, 2.24) is 35.4 Å². The first-order valence-electron chi connectivity index (χ1n) is 18.3. The van der Waals surface area contributed by atoms with Gasteiger partial charge in [0.2, 0.25) is 27.7 Å². The summed E-state index contributed by atoms with van der Waals surface area (Å²) in [6.07, 6.45) is 10.3. The van der Waals surface area contributed by atoms with E-state index >= 15 is 0 Å². The summed E-state index contributed by atoms with van der Waals surface area (Å²) in [6, 6.07) is 3.23. The number of hydrogen-bond donors (Lipinski definition) is 3. The number of aryl methyl sites for hydroxylation is 2. The Morgan fingerprint density at radius 2 is 1.91 bits per heavy atom. The Bertz CT molecular complexity index is 2150. The van der Waals surface area contributed by atoms with Crippen LogP contribution >= 0.6 is 0 Å². The van der Waals surface area contributed by atoms with Gasteiger partial charge in [0.25, 0.3) is 11.8 Å². The Morgan fingerprint density at radius 1 is 1.09 bits per heavy atom. The van der Waals surface area contributed by atoms with Crippen LogP contribution in [0.4, 0.5) is 4.39 Å². The summed E-state index contributed by atoms with van der Waals surface area (Å²) >= 11 is 0. The van der Waals surface area contributed by atoms with E-state index in [-0.39, 0.29) is 36.5 Å². The first kappa shape index (κ1) is 37.1. The highest BCUT2D eigenvalue weighted by Gasteiger charge is 2.53. The minimum Gasteiger partial charge on any atom is -0.471 e. The summed E-state index contributed by atoms with van der Waals surface area (Å²) < 4.78 is 53.5. The molecule has 54 heavy (non-hydrogen) atoms. The van der Waals surface area contributed by atoms with E-state index in [2.05, 4.69) is 30.5 Å². The van der Waals surface area contributed by atoms with Crippen LogP contribution in [-0.2, 0) is 30.8 Å². The number of allylic oxidation sites excluding steroid dienone is 1. The van der Waals surface area contributed by atoms with Crippen molar-refractivity contribution in [3.8, 4) is 5.88 Å². The molecule has 2 aliphatic heterocycles. The number of fused-ring (bicyclic) bond motifs is 3. The molecule has 1 saturated carbocycles. The summed E-state index contributed by atoms with van der Waals surface area (Å²) in [6.45, 7) is 3.41. The number of hydrogen-bond acceptors (Lipinski definition) is 11. The maximum absolute atomic E-state index is 14.5. The first-order valence-corrected chi connectivity index (χ1v) is 19.8. The predicted molar refractivity (Wildman–Crippen MR) is 192 cm³/mol. The fourth-order valence-corrected chi connectivity index (χ4v) is 8.39. The molecule has 2 fully saturated rings. The SMILES string of the molecule is CCc1cc(C(=O)NC2CCCCCC=CC3C=CC3(C(=O)NS(=O)(=O)C3CC3)NC(=O)C3CC(Oc4nc5cc(F)ccc5nc4C)CN3C2=O)no1. The topological polar surface area (TPSA) is 203 Å². The monoisotopic (exact) mass is 763 g/mol. The highest BCUT2D eigenvalue weighted by atomic mass is 32.2. The fourth-order valence-electron chi connectivity index (χ4n) is 7.04. The summed E-state index contributed by atoms with van der Waals surface area (Å²) in [5.41, 5.74) is -0.623. The zero-order chi connectivity index (χ0) is 38.2. The van der Waals surface area contributed by atoms with Crippen LogP contribution in [0.1, 0.15) is 80.2 Å². The number of carbonyl (C=O) groups excluding carboxylic acids is 4. The predicted octanol–water partition coefficient (Wildman–Crippen LogP) is 2.94. The number of sulfonamides is 1. The molecule has 4 amide bonds. The number of ether oxygens (including phenoxy) is 1. The van der Waals surface area contributed by atoms with Gasteiger partial charge in [0.05, 0.1) is 22.8 Å². The Kier molecular flexibility index (Phi) is 10.3. The molecule has 15 nitrogen and oxygen atoms in total. The molecule has 17 heteroatoms. The zero-order valence-electron chi connectivity index (χ0n) is 29.9. The number of nitrogens with one attached hydrogen (secondary N) is 3. The van der Waals surface area contributed by atoms with E-state index in [0.29, 0.717) is 55.5 Å². The van der Waals surface area contributed by atoms with Crippen LogP contribution in [0.2, 0.25) is 0 Å². The summed E-state index contributed by atoms with van der Waals surface area (Å²) in [5.74, 6) is -3.36. The molecule has 3 N–H and O–H groups in total. The lowest BCUT2D eigenvalue weighted by Gasteiger charge is -2.42. The lowest BCUT2D eigenvalue weighted by Crippen LogP contribution is -2.67. The van der Waals surface area contributed by atoms with Gasteiger partial charge < -0.3 is 24.8 Å². The van der Waals surface area contributed by atoms with Gasteiger partial charge in [-0.2, -0.15) is 0 Å². The molecule has 2 aromatic heterocycles. The van der Waals surface area contributed by atoms with Crippen LogP contribution < -0.4 is 20.1 Å². The maximum Gasteiger partial charge on any atom is 0.274 e. The average Bonchev–Trinajstić information content (AvgIpc) is 3.75. The number of aromatic nitrogens is 3. The molecule has 7 rings (SSSR count). The van der Waals surface area contributed by atoms with Crippen molar-refractivity contribution in [2.45, 2.75) is 101 Å². The summed E-state index contributed by atoms with van der Waals surface area (Å²) in [4.78, 5) is 66.4. The molecule has 0 radical (unpaired) electrons. The van der Waals surface area contributed by atoms with E-state index < -0.39 is 74.4 Å². The normalized spacial score (nSPS) is 26.2. The minimum atomic E-state index is -3.96. The average molecular weight is 764 g/mol. The van der Waals surface area contributed by atoms with Gasteiger partial charge in [0.1, 0.15) is 41.0 Å². The third-order valence-electron chi connectivity index (χ3n) is 10.3. The molecule has 1 saturated heterocycles. The van der Waals surface area contributed by atoms with Crippen molar-refractivity contribution >= 4 is 44.7 Å². The van der Waals surface area contributed by atoms with Crippen molar-refractivity contribution in [3.05, 3.63) is 71.5 Å². The van der Waals surface area contributed by atoms with Crippen molar-refractivity contribution in [3.63, 3.8) is 0 Å². The Morgan fingerprint density at radius 3 is 2.63 bits per heavy atom. The number of amides is 4. The zero-order valence-corrected chi connectivity index (χ0v) is 30.7. The third-order valence-corrected chi connectivity index (χ3v) is 12.1. The molecule has 5 unspecified atom stereocenters. The van der Waals surface area contributed by atoms with Crippen LogP contribution in [0.3, 0.4) is 0 Å².